The molecule has 0 unspecified atom stereocenters. The number of nitrogens with one attached hydrogen (secondary N) is 2. The summed E-state index contributed by atoms with van der Waals surface area (Å²) in [6.45, 7) is 0. The number of amides is 1. The first-order valence-electron chi connectivity index (χ1n) is 6.34. The summed E-state index contributed by atoms with van der Waals surface area (Å²) in [5.74, 6) is -0.314. The molecule has 2 aromatic carbocycles. The lowest BCUT2D eigenvalue weighted by molar-refractivity contribution is 0.0977. The Labute approximate surface area is 134 Å². The zero-order valence-electron chi connectivity index (χ0n) is 11.7. The van der Waals surface area contributed by atoms with Gasteiger partial charge in [0.15, 0.2) is 14.9 Å². The zero-order valence-corrected chi connectivity index (χ0v) is 13.4. The lowest BCUT2D eigenvalue weighted by Gasteiger charge is -2.10. The van der Waals surface area contributed by atoms with Crippen molar-refractivity contribution in [2.75, 3.05) is 11.6 Å². The van der Waals surface area contributed by atoms with Crippen LogP contribution in [0.15, 0.2) is 59.5 Å². The standard InChI is InChI=1S/C15H14N2O3S2/c1-22(19,20)13-9-7-12(8-10-13)16-15(21)17-14(18)11-5-3-2-4-6-11/h2-10H,1H3,(H2,16,17,18,21). The van der Waals surface area contributed by atoms with Gasteiger partial charge in [-0.2, -0.15) is 0 Å². The third-order valence-electron chi connectivity index (χ3n) is 2.80. The number of hydrogen-bond donors (Lipinski definition) is 2. The van der Waals surface area contributed by atoms with Gasteiger partial charge >= 0.3 is 0 Å². The third-order valence-corrected chi connectivity index (χ3v) is 4.14. The average Bonchev–Trinajstić information content (AvgIpc) is 2.47. The fraction of sp³-hybridized carbons (Fsp3) is 0.0667. The van der Waals surface area contributed by atoms with Crippen LogP contribution >= 0.6 is 12.2 Å². The largest absolute Gasteiger partial charge is 0.332 e. The lowest BCUT2D eigenvalue weighted by Crippen LogP contribution is -2.34. The Balaban J connectivity index is 1.99. The predicted molar refractivity (Wildman–Crippen MR) is 89.7 cm³/mol. The molecule has 0 spiro atoms. The van der Waals surface area contributed by atoms with Crippen LogP contribution in [0, 0.1) is 0 Å². The number of thiocarbonyl (C=S) groups is 1. The maximum Gasteiger partial charge on any atom is 0.257 e. The summed E-state index contributed by atoms with van der Waals surface area (Å²) < 4.78 is 22.7. The second-order valence-electron chi connectivity index (χ2n) is 4.57. The van der Waals surface area contributed by atoms with Gasteiger partial charge in [-0.25, -0.2) is 8.42 Å². The highest BCUT2D eigenvalue weighted by atomic mass is 32.2. The molecule has 114 valence electrons. The molecule has 7 heteroatoms. The Morgan fingerprint density at radius 1 is 1.00 bits per heavy atom. The minimum Gasteiger partial charge on any atom is -0.332 e. The van der Waals surface area contributed by atoms with Crippen LogP contribution in [0.3, 0.4) is 0 Å². The molecule has 1 amide bonds. The first kappa shape index (κ1) is 16.1. The molecule has 2 N–H and O–H groups in total. The quantitative estimate of drug-likeness (QED) is 0.842. The molecule has 22 heavy (non-hydrogen) atoms. The highest BCUT2D eigenvalue weighted by Crippen LogP contribution is 2.13. The summed E-state index contributed by atoms with van der Waals surface area (Å²) >= 11 is 5.06. The van der Waals surface area contributed by atoms with E-state index in [1.54, 1.807) is 36.4 Å². The van der Waals surface area contributed by atoms with E-state index < -0.39 is 9.84 Å². The number of anilines is 1. The van der Waals surface area contributed by atoms with Crippen molar-refractivity contribution < 1.29 is 13.2 Å². The molecule has 0 bridgehead atoms. The van der Waals surface area contributed by atoms with Gasteiger partial charge in [0.1, 0.15) is 0 Å². The fourth-order valence-corrected chi connectivity index (χ4v) is 2.55. The minimum atomic E-state index is -3.23. The summed E-state index contributed by atoms with van der Waals surface area (Å²) in [6, 6.07) is 14.8. The monoisotopic (exact) mass is 334 g/mol. The smallest absolute Gasteiger partial charge is 0.257 e. The normalized spacial score (nSPS) is 10.8. The molecule has 0 aliphatic heterocycles. The summed E-state index contributed by atoms with van der Waals surface area (Å²) in [7, 11) is -3.23. The Kier molecular flexibility index (Phi) is 4.89. The van der Waals surface area contributed by atoms with Gasteiger partial charge in [-0.05, 0) is 48.6 Å². The third kappa shape index (κ3) is 4.37. The number of sulfone groups is 1. The number of benzene rings is 2. The second-order valence-corrected chi connectivity index (χ2v) is 6.99. The fourth-order valence-electron chi connectivity index (χ4n) is 1.71. The molecular weight excluding hydrogens is 320 g/mol. The number of carbonyl (C=O) groups is 1. The molecule has 0 atom stereocenters. The van der Waals surface area contributed by atoms with Gasteiger partial charge in [0, 0.05) is 17.5 Å². The van der Waals surface area contributed by atoms with Gasteiger partial charge in [0.05, 0.1) is 4.90 Å². The first-order chi connectivity index (χ1) is 10.4. The summed E-state index contributed by atoms with van der Waals surface area (Å²) in [5.41, 5.74) is 1.09. The van der Waals surface area contributed by atoms with E-state index in [0.29, 0.717) is 11.3 Å². The van der Waals surface area contributed by atoms with Crippen molar-refractivity contribution in [2.45, 2.75) is 4.90 Å². The first-order valence-corrected chi connectivity index (χ1v) is 8.64. The van der Waals surface area contributed by atoms with Crippen molar-refractivity contribution in [1.82, 2.24) is 5.32 Å². The maximum absolute atomic E-state index is 11.9. The average molecular weight is 334 g/mol. The van der Waals surface area contributed by atoms with Crippen LogP contribution in [0.5, 0.6) is 0 Å². The Morgan fingerprint density at radius 3 is 2.14 bits per heavy atom. The molecule has 5 nitrogen and oxygen atoms in total. The Hall–Kier alpha value is -2.25. The van der Waals surface area contributed by atoms with Crippen LogP contribution in [-0.2, 0) is 9.84 Å². The Bertz CT molecular complexity index is 785. The number of hydrogen-bond acceptors (Lipinski definition) is 4. The molecule has 0 saturated heterocycles. The number of rotatable bonds is 3. The van der Waals surface area contributed by atoms with Crippen molar-refractivity contribution in [3.8, 4) is 0 Å². The lowest BCUT2D eigenvalue weighted by atomic mass is 10.2. The van der Waals surface area contributed by atoms with E-state index in [4.69, 9.17) is 12.2 Å². The van der Waals surface area contributed by atoms with Gasteiger partial charge in [0.2, 0.25) is 0 Å². The van der Waals surface area contributed by atoms with Crippen molar-refractivity contribution in [3.63, 3.8) is 0 Å². The van der Waals surface area contributed by atoms with E-state index in [-0.39, 0.29) is 15.9 Å². The second kappa shape index (κ2) is 6.67. The van der Waals surface area contributed by atoms with Gasteiger partial charge < -0.3 is 5.32 Å². The molecule has 0 heterocycles. The highest BCUT2D eigenvalue weighted by Gasteiger charge is 2.09. The molecule has 2 rings (SSSR count). The molecule has 0 radical (unpaired) electrons. The minimum absolute atomic E-state index is 0.140. The molecule has 2 aromatic rings. The molecule has 0 aliphatic rings. The summed E-state index contributed by atoms with van der Waals surface area (Å²) in [4.78, 5) is 12.1. The van der Waals surface area contributed by atoms with Crippen LogP contribution in [0.25, 0.3) is 0 Å². The van der Waals surface area contributed by atoms with Gasteiger partial charge in [0.25, 0.3) is 5.91 Å². The van der Waals surface area contributed by atoms with Crippen LogP contribution in [0.2, 0.25) is 0 Å². The molecule has 0 aromatic heterocycles. The van der Waals surface area contributed by atoms with Crippen LogP contribution < -0.4 is 10.6 Å². The van der Waals surface area contributed by atoms with E-state index in [1.165, 1.54) is 12.1 Å². The van der Waals surface area contributed by atoms with Gasteiger partial charge in [-0.3, -0.25) is 10.1 Å². The number of carbonyl (C=O) groups excluding carboxylic acids is 1. The van der Waals surface area contributed by atoms with E-state index in [1.807, 2.05) is 6.07 Å². The van der Waals surface area contributed by atoms with Crippen LogP contribution in [0.1, 0.15) is 10.4 Å². The van der Waals surface area contributed by atoms with Crippen molar-refractivity contribution in [2.24, 2.45) is 0 Å². The summed E-state index contributed by atoms with van der Waals surface area (Å²) in [6.07, 6.45) is 1.14. The van der Waals surface area contributed by atoms with E-state index in [2.05, 4.69) is 10.6 Å². The van der Waals surface area contributed by atoms with Gasteiger partial charge in [-0.15, -0.1) is 0 Å². The van der Waals surface area contributed by atoms with Crippen molar-refractivity contribution in [3.05, 3.63) is 60.2 Å². The molecule has 0 aliphatic carbocycles. The van der Waals surface area contributed by atoms with Crippen LogP contribution in [0.4, 0.5) is 5.69 Å². The van der Waals surface area contributed by atoms with E-state index in [9.17, 15) is 13.2 Å². The topological polar surface area (TPSA) is 75.3 Å². The molecule has 0 fully saturated rings. The van der Waals surface area contributed by atoms with E-state index in [0.717, 1.165) is 6.26 Å². The van der Waals surface area contributed by atoms with Gasteiger partial charge in [-0.1, -0.05) is 18.2 Å². The zero-order chi connectivity index (χ0) is 16.2. The van der Waals surface area contributed by atoms with Crippen molar-refractivity contribution in [1.29, 1.82) is 0 Å². The molecular formula is C15H14N2O3S2. The summed E-state index contributed by atoms with van der Waals surface area (Å²) in [5, 5.41) is 5.52. The van der Waals surface area contributed by atoms with Crippen LogP contribution in [-0.4, -0.2) is 25.7 Å². The SMILES string of the molecule is CS(=O)(=O)c1ccc(NC(=S)NC(=O)c2ccccc2)cc1. The maximum atomic E-state index is 11.9. The predicted octanol–water partition coefficient (Wildman–Crippen LogP) is 2.22. The molecule has 0 saturated carbocycles. The van der Waals surface area contributed by atoms with E-state index >= 15 is 0 Å². The Morgan fingerprint density at radius 2 is 1.59 bits per heavy atom. The highest BCUT2D eigenvalue weighted by molar-refractivity contribution is 7.90. The van der Waals surface area contributed by atoms with Crippen molar-refractivity contribution >= 4 is 38.8 Å².